The molecule has 120 valence electrons. The van der Waals surface area contributed by atoms with E-state index in [-0.39, 0.29) is 13.2 Å². The van der Waals surface area contributed by atoms with Gasteiger partial charge in [0.2, 0.25) is 6.04 Å². The molecule has 7 nitrogen and oxygen atoms in total. The van der Waals surface area contributed by atoms with Crippen LogP contribution in [0.15, 0.2) is 0 Å². The molecule has 1 unspecified atom stereocenters. The number of carbonyl (C=O) groups is 3. The van der Waals surface area contributed by atoms with Crippen molar-refractivity contribution in [3.05, 3.63) is 0 Å². The molecule has 0 aromatic carbocycles. The molecule has 0 bridgehead atoms. The number of nitrogens with zero attached hydrogens (tertiary/aromatic N) is 1. The number of hydrogen-bond donors (Lipinski definition) is 1. The van der Waals surface area contributed by atoms with Gasteiger partial charge in [-0.3, -0.25) is 0 Å². The summed E-state index contributed by atoms with van der Waals surface area (Å²) in [7, 11) is 0. The Hall–Kier alpha value is -1.79. The normalized spacial score (nSPS) is 18.3. The molecule has 0 saturated carbocycles. The smallest absolute Gasteiger partial charge is 0.340 e. The average molecular weight is 300 g/mol. The molecular formula is C14H24N2O5. The third-order valence-electron chi connectivity index (χ3n) is 3.26. The van der Waals surface area contributed by atoms with Crippen molar-refractivity contribution in [1.82, 2.24) is 10.2 Å². The number of piperidine rings is 1. The Morgan fingerprint density at radius 2 is 1.76 bits per heavy atom. The van der Waals surface area contributed by atoms with Crippen molar-refractivity contribution < 1.29 is 23.9 Å². The Bertz CT molecular complexity index is 368. The van der Waals surface area contributed by atoms with Gasteiger partial charge in [0.25, 0.3) is 0 Å². The van der Waals surface area contributed by atoms with Crippen LogP contribution < -0.4 is 5.32 Å². The minimum absolute atomic E-state index is 0.130. The van der Waals surface area contributed by atoms with Crippen molar-refractivity contribution >= 4 is 18.0 Å². The zero-order chi connectivity index (χ0) is 15.8. The Labute approximate surface area is 124 Å². The van der Waals surface area contributed by atoms with Crippen LogP contribution in [0.1, 0.15) is 33.6 Å². The number of amides is 2. The molecule has 21 heavy (non-hydrogen) atoms. The number of likely N-dealkylation sites (tertiary alicyclic amines) is 1. The van der Waals surface area contributed by atoms with Gasteiger partial charge in [0.15, 0.2) is 0 Å². The van der Waals surface area contributed by atoms with E-state index in [2.05, 4.69) is 12.2 Å². The van der Waals surface area contributed by atoms with E-state index in [1.807, 2.05) is 0 Å². The van der Waals surface area contributed by atoms with E-state index >= 15 is 0 Å². The summed E-state index contributed by atoms with van der Waals surface area (Å²) in [5.41, 5.74) is 0. The minimum Gasteiger partial charge on any atom is -0.464 e. The van der Waals surface area contributed by atoms with E-state index in [1.54, 1.807) is 18.7 Å². The zero-order valence-electron chi connectivity index (χ0n) is 12.9. The zero-order valence-corrected chi connectivity index (χ0v) is 12.9. The van der Waals surface area contributed by atoms with Gasteiger partial charge in [-0.15, -0.1) is 0 Å². The second-order valence-electron chi connectivity index (χ2n) is 5.08. The second kappa shape index (κ2) is 8.49. The Morgan fingerprint density at radius 1 is 1.19 bits per heavy atom. The van der Waals surface area contributed by atoms with E-state index < -0.39 is 24.0 Å². The van der Waals surface area contributed by atoms with E-state index in [0.29, 0.717) is 19.0 Å². The van der Waals surface area contributed by atoms with Crippen LogP contribution in [-0.2, 0) is 19.1 Å². The highest BCUT2D eigenvalue weighted by Crippen LogP contribution is 2.15. The Balaban J connectivity index is 2.68. The highest BCUT2D eigenvalue weighted by atomic mass is 16.6. The number of carbonyl (C=O) groups excluding carboxylic acids is 3. The van der Waals surface area contributed by atoms with Gasteiger partial charge in [0.1, 0.15) is 0 Å². The lowest BCUT2D eigenvalue weighted by Crippen LogP contribution is -2.54. The molecule has 1 fully saturated rings. The summed E-state index contributed by atoms with van der Waals surface area (Å²) in [6.07, 6.45) is 1.99. The lowest BCUT2D eigenvalue weighted by atomic mass is 10.0. The van der Waals surface area contributed by atoms with Crippen LogP contribution in [0.2, 0.25) is 0 Å². The lowest BCUT2D eigenvalue weighted by molar-refractivity contribution is -0.157. The molecule has 0 aromatic heterocycles. The van der Waals surface area contributed by atoms with E-state index in [4.69, 9.17) is 9.47 Å². The van der Waals surface area contributed by atoms with E-state index in [1.165, 1.54) is 0 Å². The summed E-state index contributed by atoms with van der Waals surface area (Å²) in [6, 6.07) is -1.85. The van der Waals surface area contributed by atoms with E-state index in [9.17, 15) is 14.4 Å². The van der Waals surface area contributed by atoms with Crippen LogP contribution in [0.3, 0.4) is 0 Å². The summed E-state index contributed by atoms with van der Waals surface area (Å²) in [6.45, 7) is 6.82. The first-order valence-electron chi connectivity index (χ1n) is 7.38. The molecule has 1 saturated heterocycles. The molecular weight excluding hydrogens is 276 g/mol. The molecule has 0 aliphatic carbocycles. The topological polar surface area (TPSA) is 84.9 Å². The van der Waals surface area contributed by atoms with Crippen LogP contribution in [0, 0.1) is 5.92 Å². The maximum atomic E-state index is 12.2. The maximum absolute atomic E-state index is 12.2. The maximum Gasteiger partial charge on any atom is 0.340 e. The van der Waals surface area contributed by atoms with Gasteiger partial charge >= 0.3 is 18.0 Å². The second-order valence-corrected chi connectivity index (χ2v) is 5.08. The van der Waals surface area contributed by atoms with Crippen molar-refractivity contribution in [2.45, 2.75) is 39.7 Å². The summed E-state index contributed by atoms with van der Waals surface area (Å²) >= 11 is 0. The molecule has 1 heterocycles. The fraction of sp³-hybridized carbons (Fsp3) is 0.786. The number of esters is 2. The predicted octanol–water partition coefficient (Wildman–Crippen LogP) is 0.923. The molecule has 1 aliphatic heterocycles. The Morgan fingerprint density at radius 3 is 2.24 bits per heavy atom. The SMILES string of the molecule is CCOC(=O)C(NC(=O)N1CCCC(C)C1)C(=O)OCC. The van der Waals surface area contributed by atoms with Crippen molar-refractivity contribution in [2.24, 2.45) is 5.92 Å². The molecule has 2 amide bonds. The first-order valence-corrected chi connectivity index (χ1v) is 7.38. The number of rotatable bonds is 5. The Kier molecular flexibility index (Phi) is 6.98. The highest BCUT2D eigenvalue weighted by molar-refractivity contribution is 6.02. The molecule has 1 rings (SSSR count). The van der Waals surface area contributed by atoms with Crippen molar-refractivity contribution in [3.8, 4) is 0 Å². The number of nitrogens with one attached hydrogen (secondary N) is 1. The first kappa shape index (κ1) is 17.3. The van der Waals surface area contributed by atoms with Crippen molar-refractivity contribution in [2.75, 3.05) is 26.3 Å². The number of hydrogen-bond acceptors (Lipinski definition) is 5. The third kappa shape index (κ3) is 5.24. The molecule has 1 N–H and O–H groups in total. The average Bonchev–Trinajstić information content (AvgIpc) is 2.44. The molecule has 0 radical (unpaired) electrons. The standard InChI is InChI=1S/C14H24N2O5/c1-4-20-12(17)11(13(18)21-5-2)15-14(19)16-8-6-7-10(3)9-16/h10-11H,4-9H2,1-3H3,(H,15,19). The van der Waals surface area contributed by atoms with Gasteiger partial charge in [-0.1, -0.05) is 6.92 Å². The van der Waals surface area contributed by atoms with Gasteiger partial charge in [-0.2, -0.15) is 0 Å². The summed E-state index contributed by atoms with van der Waals surface area (Å²) in [4.78, 5) is 37.4. The predicted molar refractivity (Wildman–Crippen MR) is 75.6 cm³/mol. The number of urea groups is 1. The van der Waals surface area contributed by atoms with Gasteiger partial charge in [0, 0.05) is 13.1 Å². The summed E-state index contributed by atoms with van der Waals surface area (Å²) in [5, 5.41) is 2.41. The molecule has 1 atom stereocenters. The fourth-order valence-corrected chi connectivity index (χ4v) is 2.25. The lowest BCUT2D eigenvalue weighted by Gasteiger charge is -2.31. The van der Waals surface area contributed by atoms with Crippen LogP contribution in [-0.4, -0.2) is 55.2 Å². The van der Waals surface area contributed by atoms with Gasteiger partial charge in [-0.25, -0.2) is 14.4 Å². The van der Waals surface area contributed by atoms with Gasteiger partial charge in [-0.05, 0) is 32.6 Å². The molecule has 1 aliphatic rings. The fourth-order valence-electron chi connectivity index (χ4n) is 2.25. The largest absolute Gasteiger partial charge is 0.464 e. The molecule has 0 spiro atoms. The summed E-state index contributed by atoms with van der Waals surface area (Å²) < 4.78 is 9.62. The van der Waals surface area contributed by atoms with Crippen LogP contribution in [0.25, 0.3) is 0 Å². The van der Waals surface area contributed by atoms with Crippen LogP contribution in [0.5, 0.6) is 0 Å². The van der Waals surface area contributed by atoms with Crippen molar-refractivity contribution in [3.63, 3.8) is 0 Å². The first-order chi connectivity index (χ1) is 9.99. The van der Waals surface area contributed by atoms with Crippen LogP contribution in [0.4, 0.5) is 4.79 Å². The monoisotopic (exact) mass is 300 g/mol. The highest BCUT2D eigenvalue weighted by Gasteiger charge is 2.33. The van der Waals surface area contributed by atoms with Crippen LogP contribution >= 0.6 is 0 Å². The number of ether oxygens (including phenoxy) is 2. The third-order valence-corrected chi connectivity index (χ3v) is 3.26. The molecule has 0 aromatic rings. The minimum atomic E-state index is -1.41. The molecule has 7 heteroatoms. The van der Waals surface area contributed by atoms with Crippen molar-refractivity contribution in [1.29, 1.82) is 0 Å². The quantitative estimate of drug-likeness (QED) is 0.603. The van der Waals surface area contributed by atoms with E-state index in [0.717, 1.165) is 12.8 Å². The van der Waals surface area contributed by atoms with Gasteiger partial charge < -0.3 is 19.7 Å². The van der Waals surface area contributed by atoms with Gasteiger partial charge in [0.05, 0.1) is 13.2 Å². The summed E-state index contributed by atoms with van der Waals surface area (Å²) in [5.74, 6) is -1.18.